The van der Waals surface area contributed by atoms with Crippen LogP contribution in [-0.4, -0.2) is 0 Å². The second-order valence-corrected chi connectivity index (χ2v) is 12.6. The summed E-state index contributed by atoms with van der Waals surface area (Å²) in [5, 5.41) is 0. The molecule has 0 bridgehead atoms. The van der Waals surface area contributed by atoms with Crippen LogP contribution in [0.4, 0.5) is 0 Å². The summed E-state index contributed by atoms with van der Waals surface area (Å²) < 4.78 is 0. The van der Waals surface area contributed by atoms with Gasteiger partial charge in [-0.25, -0.2) is 0 Å². The van der Waals surface area contributed by atoms with E-state index in [4.69, 9.17) is 0 Å². The van der Waals surface area contributed by atoms with Crippen molar-refractivity contribution in [1.29, 1.82) is 0 Å². The van der Waals surface area contributed by atoms with Gasteiger partial charge in [-0.2, -0.15) is 0 Å². The van der Waals surface area contributed by atoms with Gasteiger partial charge >= 0.3 is 0 Å². The van der Waals surface area contributed by atoms with E-state index in [1.165, 1.54) is 70.6 Å². The van der Waals surface area contributed by atoms with Crippen LogP contribution >= 0.6 is 0 Å². The van der Waals surface area contributed by atoms with Gasteiger partial charge in [0, 0.05) is 0 Å². The minimum Gasteiger partial charge on any atom is -0.0845 e. The third-order valence-corrected chi connectivity index (χ3v) is 10.6. The van der Waals surface area contributed by atoms with E-state index in [0.717, 1.165) is 41.4 Å². The van der Waals surface area contributed by atoms with Gasteiger partial charge in [0.15, 0.2) is 0 Å². The van der Waals surface area contributed by atoms with Crippen molar-refractivity contribution in [2.45, 2.75) is 133 Å². The second kappa shape index (κ2) is 10.8. The molecule has 8 unspecified atom stereocenters. The Balaban J connectivity index is 0.00000111. The molecule has 0 amide bonds. The van der Waals surface area contributed by atoms with Crippen molar-refractivity contribution < 1.29 is 0 Å². The highest BCUT2D eigenvalue weighted by molar-refractivity contribution is 5.25. The van der Waals surface area contributed by atoms with Crippen LogP contribution < -0.4 is 0 Å². The van der Waals surface area contributed by atoms with Gasteiger partial charge in [0.05, 0.1) is 0 Å². The number of hydrogen-bond acceptors (Lipinski definition) is 0. The van der Waals surface area contributed by atoms with E-state index in [0.29, 0.717) is 10.8 Å². The third-order valence-electron chi connectivity index (χ3n) is 10.6. The van der Waals surface area contributed by atoms with E-state index < -0.39 is 0 Å². The fourth-order valence-electron chi connectivity index (χ4n) is 8.87. The Hall–Kier alpha value is -0.260. The van der Waals surface area contributed by atoms with Gasteiger partial charge in [-0.15, -0.1) is 0 Å². The average molecular weight is 431 g/mol. The molecule has 0 aromatic carbocycles. The van der Waals surface area contributed by atoms with E-state index in [1.54, 1.807) is 0 Å². The first kappa shape index (κ1) is 27.0. The highest BCUT2D eigenvalue weighted by Crippen LogP contribution is 2.67. The lowest BCUT2D eigenvalue weighted by atomic mass is 9.46. The van der Waals surface area contributed by atoms with Crippen LogP contribution in [0.1, 0.15) is 133 Å². The highest BCUT2D eigenvalue weighted by atomic mass is 14.6. The molecule has 182 valence electrons. The molecule has 0 heterocycles. The van der Waals surface area contributed by atoms with E-state index >= 15 is 0 Å². The summed E-state index contributed by atoms with van der Waals surface area (Å²) in [5.41, 5.74) is 3.06. The van der Waals surface area contributed by atoms with Crippen LogP contribution in [0.3, 0.4) is 0 Å². The van der Waals surface area contributed by atoms with Gasteiger partial charge < -0.3 is 0 Å². The Morgan fingerprint density at radius 2 is 1.65 bits per heavy atom. The Morgan fingerprint density at radius 1 is 0.935 bits per heavy atom. The second-order valence-electron chi connectivity index (χ2n) is 12.6. The molecule has 0 spiro atoms. The topological polar surface area (TPSA) is 0 Å². The molecular weight excluding hydrogens is 372 g/mol. The minimum atomic E-state index is 0. The lowest BCUT2D eigenvalue weighted by Gasteiger charge is -2.58. The molecule has 0 aromatic heterocycles. The maximum absolute atomic E-state index is 2.75. The lowest BCUT2D eigenvalue weighted by molar-refractivity contribution is -0.0523. The molecule has 4 aliphatic rings. The normalized spacial score (nSPS) is 42.2. The van der Waals surface area contributed by atoms with Crippen molar-refractivity contribution in [2.24, 2.45) is 52.3 Å². The molecular formula is C31H58. The molecule has 8 atom stereocenters. The summed E-state index contributed by atoms with van der Waals surface area (Å²) in [6, 6.07) is 0. The zero-order valence-electron chi connectivity index (χ0n) is 21.9. The highest BCUT2D eigenvalue weighted by Gasteiger charge is 2.58. The Kier molecular flexibility index (Phi) is 9.38. The van der Waals surface area contributed by atoms with Crippen LogP contribution in [0.25, 0.3) is 0 Å². The molecule has 3 saturated carbocycles. The summed E-state index contributed by atoms with van der Waals surface area (Å²) in [5.74, 6) is 6.73. The Bertz CT molecular complexity index is 585. The number of allylic oxidation sites excluding steroid dienone is 2. The van der Waals surface area contributed by atoms with Crippen molar-refractivity contribution in [3.63, 3.8) is 0 Å². The first-order valence-corrected chi connectivity index (χ1v) is 13.9. The molecule has 0 saturated heterocycles. The largest absolute Gasteiger partial charge is 0.0845 e. The molecule has 0 radical (unpaired) electrons. The van der Waals surface area contributed by atoms with Crippen LogP contribution in [0.2, 0.25) is 0 Å². The quantitative estimate of drug-likeness (QED) is 0.380. The predicted octanol–water partition coefficient (Wildman–Crippen LogP) is 10.3. The molecule has 4 rings (SSSR count). The molecule has 0 aliphatic heterocycles. The van der Waals surface area contributed by atoms with Crippen LogP contribution in [-0.2, 0) is 0 Å². The SMILES string of the molecule is C.CC.CC(C)CCCC(C)C1CCC2C3CC=C4CC(C)CCC4(C)C3CCC12C. The molecule has 0 heteroatoms. The summed E-state index contributed by atoms with van der Waals surface area (Å²) in [6.45, 7) is 19.3. The van der Waals surface area contributed by atoms with E-state index in [1.807, 2.05) is 19.4 Å². The Labute approximate surface area is 197 Å². The first-order chi connectivity index (χ1) is 14.3. The van der Waals surface area contributed by atoms with Crippen LogP contribution in [0.15, 0.2) is 11.6 Å². The van der Waals surface area contributed by atoms with Gasteiger partial charge in [0.1, 0.15) is 0 Å². The maximum Gasteiger partial charge on any atom is -0.00851 e. The molecule has 4 aliphatic carbocycles. The van der Waals surface area contributed by atoms with E-state index in [2.05, 4.69) is 47.6 Å². The minimum absolute atomic E-state index is 0. The first-order valence-electron chi connectivity index (χ1n) is 13.9. The monoisotopic (exact) mass is 430 g/mol. The zero-order chi connectivity index (χ0) is 22.1. The van der Waals surface area contributed by atoms with Crippen molar-refractivity contribution in [3.05, 3.63) is 11.6 Å². The standard InChI is InChI=1S/C28H48.C2H6.CH4/c1-19(2)8-7-9-21(4)24-12-13-25-23-11-10-22-18-20(3)14-16-27(22,5)26(23)15-17-28(24,25)6;1-2;/h10,19-21,23-26H,7-9,11-18H2,1-6H3;1-2H3;1H4. The average Bonchev–Trinajstić information content (AvgIpc) is 3.07. The van der Waals surface area contributed by atoms with Crippen molar-refractivity contribution in [3.8, 4) is 0 Å². The summed E-state index contributed by atoms with van der Waals surface area (Å²) in [7, 11) is 0. The van der Waals surface area contributed by atoms with Gasteiger partial charge in [-0.05, 0) is 104 Å². The van der Waals surface area contributed by atoms with Gasteiger partial charge in [-0.1, -0.05) is 93.7 Å². The van der Waals surface area contributed by atoms with Gasteiger partial charge in [0.25, 0.3) is 0 Å². The lowest BCUT2D eigenvalue weighted by Crippen LogP contribution is -2.50. The van der Waals surface area contributed by atoms with Gasteiger partial charge in [-0.3, -0.25) is 0 Å². The molecule has 3 fully saturated rings. The summed E-state index contributed by atoms with van der Waals surface area (Å²) in [4.78, 5) is 0. The van der Waals surface area contributed by atoms with E-state index in [-0.39, 0.29) is 7.43 Å². The number of fused-ring (bicyclic) bond motifs is 5. The van der Waals surface area contributed by atoms with Crippen molar-refractivity contribution >= 4 is 0 Å². The van der Waals surface area contributed by atoms with E-state index in [9.17, 15) is 0 Å². The summed E-state index contributed by atoms with van der Waals surface area (Å²) in [6.07, 6.45) is 19.0. The molecule has 0 nitrogen and oxygen atoms in total. The zero-order valence-corrected chi connectivity index (χ0v) is 21.9. The predicted molar refractivity (Wildman–Crippen MR) is 140 cm³/mol. The van der Waals surface area contributed by atoms with Crippen LogP contribution in [0.5, 0.6) is 0 Å². The number of hydrogen-bond donors (Lipinski definition) is 0. The molecule has 0 N–H and O–H groups in total. The van der Waals surface area contributed by atoms with Crippen LogP contribution in [0, 0.1) is 52.3 Å². The number of rotatable bonds is 5. The maximum atomic E-state index is 2.75. The molecule has 31 heavy (non-hydrogen) atoms. The third kappa shape index (κ3) is 4.99. The Morgan fingerprint density at radius 3 is 2.32 bits per heavy atom. The fourth-order valence-corrected chi connectivity index (χ4v) is 8.87. The summed E-state index contributed by atoms with van der Waals surface area (Å²) >= 11 is 0. The smallest absolute Gasteiger partial charge is 0.00851 e. The van der Waals surface area contributed by atoms with Crippen molar-refractivity contribution in [1.82, 2.24) is 0 Å². The van der Waals surface area contributed by atoms with Gasteiger partial charge in [0.2, 0.25) is 0 Å². The van der Waals surface area contributed by atoms with Crippen molar-refractivity contribution in [2.75, 3.05) is 0 Å². The fraction of sp³-hybridized carbons (Fsp3) is 0.935. The molecule has 0 aromatic rings.